The standard InChI is InChI=1S/C24H21ClN2O2/c1-13-4-3-5-16(10-13)22-21-14(2)27-29-24(21)26-19-11-17(12-20(28)23(19)22)15-6-8-18(25)9-7-15/h3-10,17,22,26H,11-12H2,1-2H3. The van der Waals surface area contributed by atoms with Gasteiger partial charge in [-0.2, -0.15) is 0 Å². The number of hydrogen-bond acceptors (Lipinski definition) is 4. The van der Waals surface area contributed by atoms with Crippen molar-refractivity contribution < 1.29 is 9.32 Å². The molecule has 2 atom stereocenters. The number of ketones is 1. The molecule has 2 aliphatic rings. The van der Waals surface area contributed by atoms with E-state index in [1.54, 1.807) is 0 Å². The second-order valence-corrected chi connectivity index (χ2v) is 8.39. The van der Waals surface area contributed by atoms with E-state index in [1.165, 1.54) is 5.56 Å². The number of halogens is 1. The predicted octanol–water partition coefficient (Wildman–Crippen LogP) is 5.90. The Kier molecular flexibility index (Phi) is 4.32. The third-order valence-electron chi connectivity index (χ3n) is 5.97. The lowest BCUT2D eigenvalue weighted by molar-refractivity contribution is -0.116. The number of aryl methyl sites for hydroxylation is 2. The van der Waals surface area contributed by atoms with E-state index in [2.05, 4.69) is 35.6 Å². The maximum atomic E-state index is 13.4. The number of rotatable bonds is 2. The summed E-state index contributed by atoms with van der Waals surface area (Å²) in [5.74, 6) is 0.801. The second-order valence-electron chi connectivity index (χ2n) is 7.96. The molecule has 1 aromatic heterocycles. The van der Waals surface area contributed by atoms with Crippen molar-refractivity contribution in [2.75, 3.05) is 5.32 Å². The molecule has 0 saturated heterocycles. The van der Waals surface area contributed by atoms with Crippen LogP contribution in [0.3, 0.4) is 0 Å². The van der Waals surface area contributed by atoms with Crippen LogP contribution in [-0.4, -0.2) is 10.9 Å². The van der Waals surface area contributed by atoms with Crippen LogP contribution in [0.2, 0.25) is 5.02 Å². The maximum absolute atomic E-state index is 13.4. The van der Waals surface area contributed by atoms with Crippen LogP contribution in [0.4, 0.5) is 5.88 Å². The molecule has 1 aliphatic heterocycles. The van der Waals surface area contributed by atoms with Gasteiger partial charge in [-0.3, -0.25) is 4.79 Å². The van der Waals surface area contributed by atoms with E-state index in [1.807, 2.05) is 37.3 Å². The average molecular weight is 405 g/mol. The molecule has 5 heteroatoms. The molecular formula is C24H21ClN2O2. The van der Waals surface area contributed by atoms with Gasteiger partial charge in [0.25, 0.3) is 0 Å². The minimum absolute atomic E-state index is 0.120. The molecule has 0 radical (unpaired) electrons. The SMILES string of the molecule is Cc1cccc(C2C3=C(CC(c4ccc(Cl)cc4)CC3=O)Nc3onc(C)c32)c1. The van der Waals surface area contributed by atoms with E-state index in [0.29, 0.717) is 17.3 Å². The Morgan fingerprint density at radius 1 is 1.07 bits per heavy atom. The van der Waals surface area contributed by atoms with Gasteiger partial charge in [0.05, 0.1) is 11.3 Å². The first-order valence-corrected chi connectivity index (χ1v) is 10.2. The number of fused-ring (bicyclic) bond motifs is 1. The molecule has 5 rings (SSSR count). The van der Waals surface area contributed by atoms with Crippen molar-refractivity contribution in [2.24, 2.45) is 0 Å². The number of anilines is 1. The van der Waals surface area contributed by atoms with Crippen molar-refractivity contribution in [3.8, 4) is 0 Å². The van der Waals surface area contributed by atoms with Crippen LogP contribution in [0.25, 0.3) is 0 Å². The van der Waals surface area contributed by atoms with E-state index in [9.17, 15) is 4.79 Å². The lowest BCUT2D eigenvalue weighted by Gasteiger charge is -2.34. The summed E-state index contributed by atoms with van der Waals surface area (Å²) in [5.41, 5.74) is 6.97. The Morgan fingerprint density at radius 2 is 1.86 bits per heavy atom. The topological polar surface area (TPSA) is 55.1 Å². The molecule has 0 amide bonds. The van der Waals surface area contributed by atoms with Gasteiger partial charge in [0.15, 0.2) is 5.78 Å². The number of allylic oxidation sites excluding steroid dienone is 2. The average Bonchev–Trinajstić information content (AvgIpc) is 3.07. The summed E-state index contributed by atoms with van der Waals surface area (Å²) in [7, 11) is 0. The van der Waals surface area contributed by atoms with Gasteiger partial charge in [0, 0.05) is 28.6 Å². The van der Waals surface area contributed by atoms with Gasteiger partial charge in [0.2, 0.25) is 5.88 Å². The van der Waals surface area contributed by atoms with E-state index in [-0.39, 0.29) is 17.6 Å². The van der Waals surface area contributed by atoms with Crippen LogP contribution in [0.15, 0.2) is 64.3 Å². The predicted molar refractivity (Wildman–Crippen MR) is 113 cm³/mol. The third kappa shape index (κ3) is 3.08. The monoisotopic (exact) mass is 404 g/mol. The Bertz CT molecular complexity index is 1140. The summed E-state index contributed by atoms with van der Waals surface area (Å²) < 4.78 is 5.59. The van der Waals surface area contributed by atoms with Gasteiger partial charge < -0.3 is 9.84 Å². The van der Waals surface area contributed by atoms with Crippen LogP contribution >= 0.6 is 11.6 Å². The number of benzene rings is 2. The third-order valence-corrected chi connectivity index (χ3v) is 6.23. The highest BCUT2D eigenvalue weighted by atomic mass is 35.5. The lowest BCUT2D eigenvalue weighted by Crippen LogP contribution is -2.29. The largest absolute Gasteiger partial charge is 0.338 e. The molecule has 1 aliphatic carbocycles. The maximum Gasteiger partial charge on any atom is 0.233 e. The molecule has 146 valence electrons. The van der Waals surface area contributed by atoms with E-state index < -0.39 is 0 Å². The van der Waals surface area contributed by atoms with Crippen molar-refractivity contribution >= 4 is 23.3 Å². The normalized spacial score (nSPS) is 20.9. The molecule has 0 bridgehead atoms. The van der Waals surface area contributed by atoms with Gasteiger partial charge in [-0.15, -0.1) is 0 Å². The van der Waals surface area contributed by atoms with Gasteiger partial charge in [-0.1, -0.05) is 58.7 Å². The highest BCUT2D eigenvalue weighted by Crippen LogP contribution is 2.49. The second kappa shape index (κ2) is 6.89. The highest BCUT2D eigenvalue weighted by molar-refractivity contribution is 6.30. The van der Waals surface area contributed by atoms with Crippen LogP contribution in [0.5, 0.6) is 0 Å². The fourth-order valence-corrected chi connectivity index (χ4v) is 4.75. The molecular weight excluding hydrogens is 384 g/mol. The Labute approximate surface area is 174 Å². The van der Waals surface area contributed by atoms with Crippen molar-refractivity contribution in [1.29, 1.82) is 0 Å². The number of nitrogens with one attached hydrogen (secondary N) is 1. The molecule has 2 aromatic carbocycles. The van der Waals surface area contributed by atoms with Gasteiger partial charge in [0.1, 0.15) is 0 Å². The number of nitrogens with zero attached hydrogens (tertiary/aromatic N) is 1. The van der Waals surface area contributed by atoms with E-state index in [4.69, 9.17) is 16.1 Å². The first kappa shape index (κ1) is 18.2. The summed E-state index contributed by atoms with van der Waals surface area (Å²) >= 11 is 6.04. The zero-order valence-corrected chi connectivity index (χ0v) is 17.1. The minimum atomic E-state index is -0.147. The molecule has 0 saturated carbocycles. The Morgan fingerprint density at radius 3 is 2.62 bits per heavy atom. The Hall–Kier alpha value is -2.85. The van der Waals surface area contributed by atoms with E-state index in [0.717, 1.165) is 40.1 Å². The van der Waals surface area contributed by atoms with Crippen molar-refractivity contribution in [3.05, 3.63) is 92.8 Å². The van der Waals surface area contributed by atoms with Crippen LogP contribution < -0.4 is 5.32 Å². The summed E-state index contributed by atoms with van der Waals surface area (Å²) in [6.07, 6.45) is 1.24. The number of carbonyl (C=O) groups is 1. The highest BCUT2D eigenvalue weighted by Gasteiger charge is 2.41. The molecule has 0 fully saturated rings. The molecule has 1 N–H and O–H groups in total. The van der Waals surface area contributed by atoms with E-state index >= 15 is 0 Å². The summed E-state index contributed by atoms with van der Waals surface area (Å²) in [6.45, 7) is 4.00. The molecule has 4 nitrogen and oxygen atoms in total. The zero-order valence-electron chi connectivity index (χ0n) is 16.3. The molecule has 2 heterocycles. The fourth-order valence-electron chi connectivity index (χ4n) is 4.63. The quantitative estimate of drug-likeness (QED) is 0.577. The molecule has 29 heavy (non-hydrogen) atoms. The van der Waals surface area contributed by atoms with Crippen molar-refractivity contribution in [3.63, 3.8) is 0 Å². The van der Waals surface area contributed by atoms with Gasteiger partial charge >= 0.3 is 0 Å². The number of carbonyl (C=O) groups excluding carboxylic acids is 1. The van der Waals surface area contributed by atoms with Crippen LogP contribution in [0, 0.1) is 13.8 Å². The van der Waals surface area contributed by atoms with Crippen LogP contribution in [-0.2, 0) is 4.79 Å². The number of aromatic nitrogens is 1. The fraction of sp³-hybridized carbons (Fsp3) is 0.250. The van der Waals surface area contributed by atoms with Crippen LogP contribution in [0.1, 0.15) is 52.6 Å². The number of Topliss-reactive ketones (excluding diaryl/α,β-unsaturated/α-hetero) is 1. The van der Waals surface area contributed by atoms with Gasteiger partial charge in [-0.25, -0.2) is 0 Å². The molecule has 2 unspecified atom stereocenters. The molecule has 3 aromatic rings. The van der Waals surface area contributed by atoms with Crippen molar-refractivity contribution in [2.45, 2.75) is 38.5 Å². The lowest BCUT2D eigenvalue weighted by atomic mass is 9.72. The van der Waals surface area contributed by atoms with Gasteiger partial charge in [-0.05, 0) is 49.4 Å². The number of hydrogen-bond donors (Lipinski definition) is 1. The first-order valence-electron chi connectivity index (χ1n) is 9.82. The summed E-state index contributed by atoms with van der Waals surface area (Å²) in [5, 5.41) is 8.26. The Balaban J connectivity index is 1.62. The molecule has 0 spiro atoms. The zero-order chi connectivity index (χ0) is 20.1. The minimum Gasteiger partial charge on any atom is -0.338 e. The van der Waals surface area contributed by atoms with Crippen molar-refractivity contribution in [1.82, 2.24) is 5.16 Å². The summed E-state index contributed by atoms with van der Waals surface area (Å²) in [6, 6.07) is 16.1. The first-order chi connectivity index (χ1) is 14.0. The smallest absolute Gasteiger partial charge is 0.233 e. The summed E-state index contributed by atoms with van der Waals surface area (Å²) in [4.78, 5) is 13.4.